The molecule has 6 nitrogen and oxygen atoms in total. The molecule has 6 heteroatoms. The van der Waals surface area contributed by atoms with E-state index in [-0.39, 0.29) is 31.1 Å². The standard InChI is InChI=1S/C70H126O6/c1-4-7-10-13-16-19-22-25-28-31-33-34-35-36-38-39-42-45-48-51-54-57-60-63-69(72)75-66-67(65-74-68(71)62-59-56-53-50-47-44-41-30-27-24-21-18-15-12-9-6-3)76-70(73)64-61-58-55-52-49-46-43-40-37-32-29-26-23-20-17-14-11-8-5-2/h7,10,16,19,25-26,28-29,33-34,67H,4-6,8-9,11-15,17-18,20-24,27,30-32,35-66H2,1-3H3/b10-7-,19-16-,28-25-,29-26-,34-33-. The summed E-state index contributed by atoms with van der Waals surface area (Å²) in [7, 11) is 0. The number of esters is 3. The fourth-order valence-corrected chi connectivity index (χ4v) is 9.79. The molecule has 0 radical (unpaired) electrons. The molecule has 0 aromatic carbocycles. The van der Waals surface area contributed by atoms with E-state index in [1.165, 1.54) is 225 Å². The summed E-state index contributed by atoms with van der Waals surface area (Å²) >= 11 is 0. The first-order valence-corrected chi connectivity index (χ1v) is 33.3. The SMILES string of the molecule is CC/C=C\C/C=C\C/C=C\C/C=C\CCCCCCCCCCCCC(=O)OCC(COC(=O)CCCCCCCCCCCCCCCCCC)OC(=O)CCCCCCCCCCC/C=C\CCCCCCCC. The smallest absolute Gasteiger partial charge is 0.306 e. The lowest BCUT2D eigenvalue weighted by molar-refractivity contribution is -0.167. The second-order valence-corrected chi connectivity index (χ2v) is 22.4. The summed E-state index contributed by atoms with van der Waals surface area (Å²) in [4.78, 5) is 38.4. The van der Waals surface area contributed by atoms with Gasteiger partial charge in [-0.25, -0.2) is 0 Å². The van der Waals surface area contributed by atoms with Crippen LogP contribution in [-0.4, -0.2) is 37.2 Å². The molecule has 0 aromatic heterocycles. The number of carbonyl (C=O) groups excluding carboxylic acids is 3. The van der Waals surface area contributed by atoms with Gasteiger partial charge < -0.3 is 14.2 Å². The summed E-state index contributed by atoms with van der Waals surface area (Å²) < 4.78 is 17.0. The number of allylic oxidation sites excluding steroid dienone is 10. The van der Waals surface area contributed by atoms with Crippen molar-refractivity contribution in [1.29, 1.82) is 0 Å². The maximum atomic E-state index is 12.9. The van der Waals surface area contributed by atoms with E-state index < -0.39 is 6.10 Å². The average molecular weight is 1060 g/mol. The summed E-state index contributed by atoms with van der Waals surface area (Å²) in [5.41, 5.74) is 0. The van der Waals surface area contributed by atoms with Gasteiger partial charge in [-0.05, 0) is 83.5 Å². The van der Waals surface area contributed by atoms with Gasteiger partial charge in [-0.1, -0.05) is 306 Å². The Hall–Kier alpha value is -2.89. The zero-order valence-electron chi connectivity index (χ0n) is 50.8. The largest absolute Gasteiger partial charge is 0.462 e. The van der Waals surface area contributed by atoms with E-state index in [0.29, 0.717) is 19.3 Å². The summed E-state index contributed by atoms with van der Waals surface area (Å²) in [5.74, 6) is -0.856. The topological polar surface area (TPSA) is 78.9 Å². The van der Waals surface area contributed by atoms with Crippen molar-refractivity contribution in [2.24, 2.45) is 0 Å². The molecule has 0 amide bonds. The normalized spacial score (nSPS) is 12.4. The van der Waals surface area contributed by atoms with E-state index in [9.17, 15) is 14.4 Å². The van der Waals surface area contributed by atoms with Gasteiger partial charge >= 0.3 is 17.9 Å². The number of rotatable bonds is 61. The molecular formula is C70H126O6. The van der Waals surface area contributed by atoms with Gasteiger partial charge in [-0.2, -0.15) is 0 Å². The van der Waals surface area contributed by atoms with Crippen molar-refractivity contribution in [2.45, 2.75) is 354 Å². The number of hydrogen-bond acceptors (Lipinski definition) is 6. The highest BCUT2D eigenvalue weighted by Gasteiger charge is 2.19. The lowest BCUT2D eigenvalue weighted by Crippen LogP contribution is -2.30. The van der Waals surface area contributed by atoms with Crippen LogP contribution in [0.15, 0.2) is 60.8 Å². The van der Waals surface area contributed by atoms with Crippen molar-refractivity contribution < 1.29 is 28.6 Å². The van der Waals surface area contributed by atoms with E-state index in [0.717, 1.165) is 83.5 Å². The van der Waals surface area contributed by atoms with Crippen LogP contribution in [-0.2, 0) is 28.6 Å². The Balaban J connectivity index is 4.33. The van der Waals surface area contributed by atoms with Crippen molar-refractivity contribution in [1.82, 2.24) is 0 Å². The minimum atomic E-state index is -0.776. The van der Waals surface area contributed by atoms with Gasteiger partial charge in [0.2, 0.25) is 0 Å². The molecule has 0 N–H and O–H groups in total. The van der Waals surface area contributed by atoms with Crippen LogP contribution in [0.2, 0.25) is 0 Å². The molecule has 0 bridgehead atoms. The molecule has 442 valence electrons. The molecule has 0 spiro atoms. The zero-order valence-corrected chi connectivity index (χ0v) is 50.8. The molecule has 0 aliphatic carbocycles. The van der Waals surface area contributed by atoms with Crippen LogP contribution in [0, 0.1) is 0 Å². The maximum absolute atomic E-state index is 12.9. The van der Waals surface area contributed by atoms with Gasteiger partial charge in [-0.15, -0.1) is 0 Å². The Labute approximate surface area is 472 Å². The van der Waals surface area contributed by atoms with E-state index in [1.807, 2.05) is 0 Å². The predicted octanol–water partition coefficient (Wildman–Crippen LogP) is 22.7. The molecule has 0 saturated heterocycles. The van der Waals surface area contributed by atoms with Crippen LogP contribution >= 0.6 is 0 Å². The lowest BCUT2D eigenvalue weighted by atomic mass is 10.0. The van der Waals surface area contributed by atoms with Crippen molar-refractivity contribution in [2.75, 3.05) is 13.2 Å². The first kappa shape index (κ1) is 73.1. The van der Waals surface area contributed by atoms with Crippen molar-refractivity contribution in [3.63, 3.8) is 0 Å². The van der Waals surface area contributed by atoms with Crippen molar-refractivity contribution in [3.8, 4) is 0 Å². The predicted molar refractivity (Wildman–Crippen MR) is 330 cm³/mol. The third-order valence-electron chi connectivity index (χ3n) is 14.8. The van der Waals surface area contributed by atoms with Gasteiger partial charge in [0.25, 0.3) is 0 Å². The second kappa shape index (κ2) is 64.6. The van der Waals surface area contributed by atoms with E-state index >= 15 is 0 Å². The Kier molecular flexibility index (Phi) is 62.2. The highest BCUT2D eigenvalue weighted by Crippen LogP contribution is 2.17. The van der Waals surface area contributed by atoms with Crippen LogP contribution in [0.3, 0.4) is 0 Å². The van der Waals surface area contributed by atoms with Crippen LogP contribution < -0.4 is 0 Å². The van der Waals surface area contributed by atoms with Gasteiger partial charge in [0, 0.05) is 19.3 Å². The van der Waals surface area contributed by atoms with Crippen LogP contribution in [0.1, 0.15) is 348 Å². The first-order chi connectivity index (χ1) is 37.5. The molecule has 0 aliphatic rings. The molecule has 0 heterocycles. The third kappa shape index (κ3) is 62.0. The Bertz CT molecular complexity index is 1360. The van der Waals surface area contributed by atoms with E-state index in [1.54, 1.807) is 0 Å². The van der Waals surface area contributed by atoms with E-state index in [2.05, 4.69) is 81.5 Å². The summed E-state index contributed by atoms with van der Waals surface area (Å²) in [6.07, 6.45) is 82.2. The monoisotopic (exact) mass is 1060 g/mol. The number of ether oxygens (including phenoxy) is 3. The average Bonchev–Trinajstić information content (AvgIpc) is 3.42. The number of carbonyl (C=O) groups is 3. The second-order valence-electron chi connectivity index (χ2n) is 22.4. The van der Waals surface area contributed by atoms with Crippen LogP contribution in [0.5, 0.6) is 0 Å². The molecule has 0 rings (SSSR count). The van der Waals surface area contributed by atoms with Crippen LogP contribution in [0.25, 0.3) is 0 Å². The Morgan fingerprint density at radius 3 is 0.816 bits per heavy atom. The van der Waals surface area contributed by atoms with Gasteiger partial charge in [0.05, 0.1) is 0 Å². The quantitative estimate of drug-likeness (QED) is 0.0261. The van der Waals surface area contributed by atoms with E-state index in [4.69, 9.17) is 14.2 Å². The van der Waals surface area contributed by atoms with Gasteiger partial charge in [0.1, 0.15) is 13.2 Å². The molecule has 0 aliphatic heterocycles. The minimum absolute atomic E-state index is 0.0719. The number of unbranched alkanes of at least 4 members (excludes halogenated alkanes) is 40. The van der Waals surface area contributed by atoms with Crippen LogP contribution in [0.4, 0.5) is 0 Å². The zero-order chi connectivity index (χ0) is 55.0. The molecule has 0 fully saturated rings. The van der Waals surface area contributed by atoms with Crippen molar-refractivity contribution in [3.05, 3.63) is 60.8 Å². The molecule has 0 saturated carbocycles. The molecule has 0 aromatic rings. The lowest BCUT2D eigenvalue weighted by Gasteiger charge is -2.18. The maximum Gasteiger partial charge on any atom is 0.306 e. The molecule has 1 unspecified atom stereocenters. The first-order valence-electron chi connectivity index (χ1n) is 33.3. The number of hydrogen-bond donors (Lipinski definition) is 0. The fourth-order valence-electron chi connectivity index (χ4n) is 9.79. The summed E-state index contributed by atoms with van der Waals surface area (Å²) in [6, 6.07) is 0. The van der Waals surface area contributed by atoms with Gasteiger partial charge in [0.15, 0.2) is 6.10 Å². The fraction of sp³-hybridized carbons (Fsp3) is 0.814. The highest BCUT2D eigenvalue weighted by atomic mass is 16.6. The molecule has 76 heavy (non-hydrogen) atoms. The van der Waals surface area contributed by atoms with Crippen molar-refractivity contribution >= 4 is 17.9 Å². The highest BCUT2D eigenvalue weighted by molar-refractivity contribution is 5.71. The van der Waals surface area contributed by atoms with Gasteiger partial charge in [-0.3, -0.25) is 14.4 Å². The molecule has 1 atom stereocenters. The minimum Gasteiger partial charge on any atom is -0.462 e. The Morgan fingerprint density at radius 2 is 0.513 bits per heavy atom. The summed E-state index contributed by atoms with van der Waals surface area (Å²) in [5, 5.41) is 0. The Morgan fingerprint density at radius 1 is 0.276 bits per heavy atom. The molecular weight excluding hydrogens is 937 g/mol. The summed E-state index contributed by atoms with van der Waals surface area (Å²) in [6.45, 7) is 6.58. The third-order valence-corrected chi connectivity index (χ3v) is 14.8.